The van der Waals surface area contributed by atoms with E-state index in [1.807, 2.05) is 6.07 Å². The molecule has 144 valence electrons. The van der Waals surface area contributed by atoms with Crippen LogP contribution in [-0.2, 0) is 11.2 Å². The van der Waals surface area contributed by atoms with E-state index in [4.69, 9.17) is 4.98 Å². The molecule has 1 aliphatic heterocycles. The van der Waals surface area contributed by atoms with Gasteiger partial charge in [-0.25, -0.2) is 4.98 Å². The molecule has 1 aromatic heterocycles. The maximum absolute atomic E-state index is 12.9. The van der Waals surface area contributed by atoms with E-state index >= 15 is 0 Å². The summed E-state index contributed by atoms with van der Waals surface area (Å²) in [5.41, 5.74) is 3.78. The lowest BCUT2D eigenvalue weighted by atomic mass is 9.88. The number of thiazole rings is 1. The van der Waals surface area contributed by atoms with Crippen molar-refractivity contribution in [1.29, 1.82) is 0 Å². The van der Waals surface area contributed by atoms with Crippen molar-refractivity contribution in [3.05, 3.63) is 64.7 Å². The molecule has 3 aromatic rings. The fourth-order valence-electron chi connectivity index (χ4n) is 4.82. The molecule has 2 N–H and O–H groups in total. The van der Waals surface area contributed by atoms with E-state index in [0.29, 0.717) is 12.6 Å². The average Bonchev–Trinajstić information content (AvgIpc) is 3.34. The van der Waals surface area contributed by atoms with E-state index in [-0.39, 0.29) is 11.9 Å². The summed E-state index contributed by atoms with van der Waals surface area (Å²) in [7, 11) is 0. The monoisotopic (exact) mass is 392 g/mol. The number of aromatic nitrogens is 1. The molecule has 1 saturated heterocycles. The minimum Gasteiger partial charge on any atom is -0.344 e. The smallest absolute Gasteiger partial charge is 0.275 e. The van der Waals surface area contributed by atoms with E-state index in [1.54, 1.807) is 11.3 Å². The Bertz CT molecular complexity index is 965. The van der Waals surface area contributed by atoms with Crippen LogP contribution in [-0.4, -0.2) is 24.0 Å². The number of para-hydroxylation sites is 1. The Morgan fingerprint density at radius 2 is 1.96 bits per heavy atom. The third kappa shape index (κ3) is 3.45. The van der Waals surface area contributed by atoms with E-state index in [1.165, 1.54) is 25.7 Å². The number of quaternary nitrogens is 1. The maximum atomic E-state index is 12.9. The number of aryl methyl sites for hydroxylation is 1. The van der Waals surface area contributed by atoms with Gasteiger partial charge in [-0.1, -0.05) is 36.4 Å². The number of fused-ring (bicyclic) bond motifs is 2. The van der Waals surface area contributed by atoms with Crippen molar-refractivity contribution < 1.29 is 9.69 Å². The van der Waals surface area contributed by atoms with Crippen molar-refractivity contribution in [3.63, 3.8) is 0 Å². The van der Waals surface area contributed by atoms with Crippen molar-refractivity contribution in [2.75, 3.05) is 13.1 Å². The Hall–Kier alpha value is -2.24. The van der Waals surface area contributed by atoms with Gasteiger partial charge in [-0.05, 0) is 42.5 Å². The molecule has 0 saturated carbocycles. The van der Waals surface area contributed by atoms with E-state index in [0.717, 1.165) is 44.2 Å². The fraction of sp³-hybridized carbons (Fsp3) is 0.391. The zero-order chi connectivity index (χ0) is 18.9. The highest BCUT2D eigenvalue weighted by atomic mass is 32.1. The molecule has 3 atom stereocenters. The second kappa shape index (κ2) is 7.64. The molecule has 4 nitrogen and oxygen atoms in total. The zero-order valence-electron chi connectivity index (χ0n) is 16.0. The van der Waals surface area contributed by atoms with Gasteiger partial charge >= 0.3 is 0 Å². The van der Waals surface area contributed by atoms with Crippen LogP contribution in [0.4, 0.5) is 0 Å². The van der Waals surface area contributed by atoms with Crippen LogP contribution in [0.15, 0.2) is 48.5 Å². The molecule has 1 aliphatic carbocycles. The van der Waals surface area contributed by atoms with Crippen LogP contribution in [0.1, 0.15) is 53.9 Å². The summed E-state index contributed by atoms with van der Waals surface area (Å²) in [5.74, 6) is 0.171. The van der Waals surface area contributed by atoms with Crippen LogP contribution in [0.25, 0.3) is 10.2 Å². The fourth-order valence-corrected chi connectivity index (χ4v) is 5.98. The van der Waals surface area contributed by atoms with Crippen LogP contribution >= 0.6 is 11.3 Å². The Morgan fingerprint density at radius 3 is 2.89 bits per heavy atom. The summed E-state index contributed by atoms with van der Waals surface area (Å²) in [6, 6.07) is 17.4. The van der Waals surface area contributed by atoms with Gasteiger partial charge in [0.05, 0.1) is 22.8 Å². The molecule has 5 rings (SSSR count). The zero-order valence-corrected chi connectivity index (χ0v) is 16.8. The summed E-state index contributed by atoms with van der Waals surface area (Å²) in [6.45, 7) is 1.59. The van der Waals surface area contributed by atoms with Crippen molar-refractivity contribution >= 4 is 27.5 Å². The van der Waals surface area contributed by atoms with E-state index in [2.05, 4.69) is 47.8 Å². The molecular formula is C23H26N3OS+. The molecule has 1 fully saturated rings. The lowest BCUT2D eigenvalue weighted by Gasteiger charge is -2.27. The minimum absolute atomic E-state index is 0.167. The van der Waals surface area contributed by atoms with E-state index in [9.17, 15) is 4.79 Å². The Labute approximate surface area is 169 Å². The van der Waals surface area contributed by atoms with Crippen LogP contribution in [0, 0.1) is 0 Å². The number of benzene rings is 2. The van der Waals surface area contributed by atoms with Gasteiger partial charge in [0.1, 0.15) is 6.04 Å². The SMILES string of the molecule is O=C(C[NH+]1CCC[C@@H]1c1nc2ccccc2s1)N[C@H]1CCCc2ccccc21. The minimum atomic E-state index is 0.167. The first-order valence-corrected chi connectivity index (χ1v) is 11.2. The molecule has 0 spiro atoms. The predicted octanol–water partition coefficient (Wildman–Crippen LogP) is 3.21. The van der Waals surface area contributed by atoms with Crippen molar-refractivity contribution in [2.45, 2.75) is 44.2 Å². The molecule has 1 amide bonds. The quantitative estimate of drug-likeness (QED) is 0.716. The number of carbonyl (C=O) groups excluding carboxylic acids is 1. The van der Waals surface area contributed by atoms with Crippen molar-refractivity contribution in [1.82, 2.24) is 10.3 Å². The second-order valence-corrected chi connectivity index (χ2v) is 9.07. The van der Waals surface area contributed by atoms with Gasteiger partial charge in [0, 0.05) is 12.8 Å². The molecule has 0 bridgehead atoms. The number of likely N-dealkylation sites (tertiary alicyclic amines) is 1. The highest BCUT2D eigenvalue weighted by molar-refractivity contribution is 7.18. The van der Waals surface area contributed by atoms with Crippen molar-refractivity contribution in [2.24, 2.45) is 0 Å². The lowest BCUT2D eigenvalue weighted by Crippen LogP contribution is -3.11. The normalized spacial score (nSPS) is 24.2. The highest BCUT2D eigenvalue weighted by Gasteiger charge is 2.34. The largest absolute Gasteiger partial charge is 0.344 e. The number of hydrogen-bond acceptors (Lipinski definition) is 3. The van der Waals surface area contributed by atoms with Crippen LogP contribution in [0.5, 0.6) is 0 Å². The molecule has 1 unspecified atom stereocenters. The summed E-state index contributed by atoms with van der Waals surface area (Å²) in [4.78, 5) is 19.1. The number of nitrogens with one attached hydrogen (secondary N) is 2. The summed E-state index contributed by atoms with van der Waals surface area (Å²) in [6.07, 6.45) is 5.59. The van der Waals surface area contributed by atoms with Crippen molar-refractivity contribution in [3.8, 4) is 0 Å². The molecule has 2 aromatic carbocycles. The van der Waals surface area contributed by atoms with Gasteiger partial charge in [0.2, 0.25) is 0 Å². The first kappa shape index (κ1) is 17.8. The van der Waals surface area contributed by atoms with Crippen LogP contribution < -0.4 is 10.2 Å². The van der Waals surface area contributed by atoms with Crippen LogP contribution in [0.2, 0.25) is 0 Å². The average molecular weight is 393 g/mol. The van der Waals surface area contributed by atoms with Gasteiger partial charge < -0.3 is 10.2 Å². The number of amides is 1. The van der Waals surface area contributed by atoms with Gasteiger partial charge in [-0.3, -0.25) is 4.79 Å². The maximum Gasteiger partial charge on any atom is 0.275 e. The summed E-state index contributed by atoms with van der Waals surface area (Å²) in [5, 5.41) is 4.51. The summed E-state index contributed by atoms with van der Waals surface area (Å²) < 4.78 is 1.24. The molecule has 2 heterocycles. The Kier molecular flexibility index (Phi) is 4.87. The summed E-state index contributed by atoms with van der Waals surface area (Å²) >= 11 is 1.79. The lowest BCUT2D eigenvalue weighted by molar-refractivity contribution is -0.910. The predicted molar refractivity (Wildman–Crippen MR) is 113 cm³/mol. The highest BCUT2D eigenvalue weighted by Crippen LogP contribution is 2.30. The molecular weight excluding hydrogens is 366 g/mol. The first-order chi connectivity index (χ1) is 13.8. The number of rotatable bonds is 4. The number of nitrogens with zero attached hydrogens (tertiary/aromatic N) is 1. The third-order valence-corrected chi connectivity index (χ3v) is 7.33. The molecule has 28 heavy (non-hydrogen) atoms. The first-order valence-electron chi connectivity index (χ1n) is 10.3. The van der Waals surface area contributed by atoms with Gasteiger partial charge in [0.25, 0.3) is 5.91 Å². The molecule has 5 heteroatoms. The van der Waals surface area contributed by atoms with Gasteiger partial charge in [0.15, 0.2) is 11.6 Å². The molecule has 0 radical (unpaired) electrons. The standard InChI is InChI=1S/C23H25N3OS/c27-22(24-18-11-5-8-16-7-1-2-9-17(16)18)15-26-14-6-12-20(26)23-25-19-10-3-4-13-21(19)28-23/h1-4,7,9-10,13,18,20H,5-6,8,11-12,14-15H2,(H,24,27)/p+1/t18-,20+/m0/s1. The van der Waals surface area contributed by atoms with Gasteiger partial charge in [-0.15, -0.1) is 11.3 Å². The van der Waals surface area contributed by atoms with Crippen LogP contribution in [0.3, 0.4) is 0 Å². The topological polar surface area (TPSA) is 46.4 Å². The van der Waals surface area contributed by atoms with E-state index < -0.39 is 0 Å². The third-order valence-electron chi connectivity index (χ3n) is 6.18. The number of carbonyl (C=O) groups is 1. The Morgan fingerprint density at radius 1 is 1.11 bits per heavy atom. The van der Waals surface area contributed by atoms with Gasteiger partial charge in [-0.2, -0.15) is 0 Å². The Balaban J connectivity index is 1.28. The molecule has 2 aliphatic rings. The second-order valence-electron chi connectivity index (χ2n) is 8.01. The number of hydrogen-bond donors (Lipinski definition) is 2.